The second kappa shape index (κ2) is 8.59. The Kier molecular flexibility index (Phi) is 6.18. The fraction of sp³-hybridized carbons (Fsp3) is 0.0588. The van der Waals surface area contributed by atoms with Crippen LogP contribution in [0.15, 0.2) is 53.3 Å². The van der Waals surface area contributed by atoms with E-state index < -0.39 is 10.8 Å². The van der Waals surface area contributed by atoms with Gasteiger partial charge in [0.2, 0.25) is 5.91 Å². The van der Waals surface area contributed by atoms with E-state index in [1.807, 2.05) is 0 Å². The van der Waals surface area contributed by atoms with Gasteiger partial charge in [-0.15, -0.1) is 0 Å². The lowest BCUT2D eigenvalue weighted by atomic mass is 10.2. The van der Waals surface area contributed by atoms with Crippen LogP contribution >= 0.6 is 39.1 Å². The number of ether oxygens (including phenoxy) is 1. The van der Waals surface area contributed by atoms with Gasteiger partial charge in [-0.2, -0.15) is 5.10 Å². The summed E-state index contributed by atoms with van der Waals surface area (Å²) in [6, 6.07) is 8.51. The molecule has 3 aromatic rings. The van der Waals surface area contributed by atoms with E-state index >= 15 is 0 Å². The van der Waals surface area contributed by atoms with Gasteiger partial charge in [-0.05, 0) is 34.1 Å². The van der Waals surface area contributed by atoms with Crippen LogP contribution < -0.4 is 10.1 Å². The molecule has 1 heterocycles. The molecule has 0 aliphatic rings. The van der Waals surface area contributed by atoms with Crippen LogP contribution in [0.5, 0.6) is 11.5 Å². The Bertz CT molecular complexity index is 1060. The number of non-ortho nitro benzene ring substituents is 1. The Morgan fingerprint density at radius 2 is 2.07 bits per heavy atom. The number of nitro benzene ring substituents is 1. The first kappa shape index (κ1) is 20.1. The van der Waals surface area contributed by atoms with Gasteiger partial charge in [0.25, 0.3) is 5.69 Å². The van der Waals surface area contributed by atoms with E-state index in [1.54, 1.807) is 18.5 Å². The molecule has 0 saturated carbocycles. The number of amides is 1. The highest BCUT2D eigenvalue weighted by Crippen LogP contribution is 2.34. The van der Waals surface area contributed by atoms with E-state index in [0.717, 1.165) is 4.47 Å². The molecule has 0 aliphatic carbocycles. The third-order valence-corrected chi connectivity index (χ3v) is 4.35. The van der Waals surface area contributed by atoms with Crippen molar-refractivity contribution in [3.63, 3.8) is 0 Å². The Labute approximate surface area is 177 Å². The molecule has 1 aromatic heterocycles. The molecule has 0 fully saturated rings. The van der Waals surface area contributed by atoms with Crippen LogP contribution in [-0.2, 0) is 11.3 Å². The smallest absolute Gasteiger partial charge is 0.275 e. The third kappa shape index (κ3) is 5.22. The van der Waals surface area contributed by atoms with E-state index in [9.17, 15) is 14.9 Å². The number of nitrogens with one attached hydrogen (secondary N) is 1. The molecular formula is C17H11BrCl2N4O4. The number of rotatable bonds is 6. The molecule has 3 rings (SSSR count). The molecular weight excluding hydrogens is 475 g/mol. The summed E-state index contributed by atoms with van der Waals surface area (Å²) in [5.41, 5.74) is -0.0507. The summed E-state index contributed by atoms with van der Waals surface area (Å²) in [7, 11) is 0. The van der Waals surface area contributed by atoms with Gasteiger partial charge in [-0.3, -0.25) is 19.6 Å². The summed E-state index contributed by atoms with van der Waals surface area (Å²) in [6.07, 6.45) is 3.17. The SMILES string of the molecule is O=C(Cn1cc(Br)cn1)Nc1cc(Oc2ccc(Cl)cc2Cl)cc([N+](=O)[O-])c1. The Morgan fingerprint density at radius 1 is 1.29 bits per heavy atom. The van der Waals surface area contributed by atoms with E-state index in [-0.39, 0.29) is 34.4 Å². The van der Waals surface area contributed by atoms with Crippen LogP contribution in [0.4, 0.5) is 11.4 Å². The molecule has 2 aromatic carbocycles. The van der Waals surface area contributed by atoms with Crippen LogP contribution in [0.1, 0.15) is 0 Å². The molecule has 8 nitrogen and oxygen atoms in total. The lowest BCUT2D eigenvalue weighted by Gasteiger charge is -2.11. The van der Waals surface area contributed by atoms with Crippen LogP contribution in [0.25, 0.3) is 0 Å². The quantitative estimate of drug-likeness (QED) is 0.377. The second-order valence-electron chi connectivity index (χ2n) is 5.55. The van der Waals surface area contributed by atoms with Crippen molar-refractivity contribution in [3.8, 4) is 11.5 Å². The lowest BCUT2D eigenvalue weighted by molar-refractivity contribution is -0.384. The maximum atomic E-state index is 12.2. The van der Waals surface area contributed by atoms with Gasteiger partial charge in [0.1, 0.15) is 18.0 Å². The van der Waals surface area contributed by atoms with Crippen molar-refractivity contribution in [2.45, 2.75) is 6.54 Å². The van der Waals surface area contributed by atoms with E-state index in [2.05, 4.69) is 26.3 Å². The van der Waals surface area contributed by atoms with Crippen LogP contribution in [0.2, 0.25) is 10.0 Å². The summed E-state index contributed by atoms with van der Waals surface area (Å²) in [6.45, 7) is -0.0620. The predicted octanol–water partition coefficient (Wildman–Crippen LogP) is 5.29. The lowest BCUT2D eigenvalue weighted by Crippen LogP contribution is -2.19. The van der Waals surface area contributed by atoms with Gasteiger partial charge in [0.15, 0.2) is 0 Å². The van der Waals surface area contributed by atoms with Crippen LogP contribution in [-0.4, -0.2) is 20.6 Å². The van der Waals surface area contributed by atoms with Crippen LogP contribution in [0, 0.1) is 10.1 Å². The summed E-state index contributed by atoms with van der Waals surface area (Å²) in [4.78, 5) is 22.8. The number of hydrogen-bond acceptors (Lipinski definition) is 5. The number of halogens is 3. The fourth-order valence-corrected chi connectivity index (χ4v) is 3.05. The molecule has 28 heavy (non-hydrogen) atoms. The molecule has 0 bridgehead atoms. The number of anilines is 1. The number of nitro groups is 1. The molecule has 144 valence electrons. The minimum atomic E-state index is -0.587. The first-order chi connectivity index (χ1) is 13.3. The average Bonchev–Trinajstić information content (AvgIpc) is 3.01. The van der Waals surface area contributed by atoms with Gasteiger partial charge >= 0.3 is 0 Å². The monoisotopic (exact) mass is 484 g/mol. The van der Waals surface area contributed by atoms with Crippen molar-refractivity contribution in [2.75, 3.05) is 5.32 Å². The zero-order chi connectivity index (χ0) is 20.3. The second-order valence-corrected chi connectivity index (χ2v) is 7.31. The minimum absolute atomic E-state index is 0.0620. The van der Waals surface area contributed by atoms with E-state index in [4.69, 9.17) is 27.9 Å². The zero-order valence-corrected chi connectivity index (χ0v) is 17.0. The summed E-state index contributed by atoms with van der Waals surface area (Å²) in [5, 5.41) is 18.5. The number of nitrogens with zero attached hydrogens (tertiary/aromatic N) is 3. The Balaban J connectivity index is 1.82. The average molecular weight is 486 g/mol. The van der Waals surface area contributed by atoms with Crippen molar-refractivity contribution in [1.29, 1.82) is 0 Å². The van der Waals surface area contributed by atoms with Crippen molar-refractivity contribution in [3.05, 3.63) is 73.4 Å². The highest BCUT2D eigenvalue weighted by molar-refractivity contribution is 9.10. The highest BCUT2D eigenvalue weighted by atomic mass is 79.9. The maximum Gasteiger partial charge on any atom is 0.275 e. The summed E-state index contributed by atoms with van der Waals surface area (Å²) < 4.78 is 7.77. The number of carbonyl (C=O) groups is 1. The standard InChI is InChI=1S/C17H11BrCl2N4O4/c18-10-7-21-23(8-10)9-17(25)22-12-4-13(24(26)27)6-14(5-12)28-16-2-1-11(19)3-15(16)20/h1-8H,9H2,(H,22,25). The molecule has 0 unspecified atom stereocenters. The van der Waals surface area contributed by atoms with Gasteiger partial charge in [0, 0.05) is 23.4 Å². The van der Waals surface area contributed by atoms with Crippen molar-refractivity contribution in [2.24, 2.45) is 0 Å². The van der Waals surface area contributed by atoms with Gasteiger partial charge in [-0.1, -0.05) is 23.2 Å². The first-order valence-corrected chi connectivity index (χ1v) is 9.25. The minimum Gasteiger partial charge on any atom is -0.455 e. The molecule has 1 amide bonds. The maximum absolute atomic E-state index is 12.2. The van der Waals surface area contributed by atoms with Crippen LogP contribution in [0.3, 0.4) is 0 Å². The summed E-state index contributed by atoms with van der Waals surface area (Å²) in [5.74, 6) is -0.00707. The molecule has 0 spiro atoms. The molecule has 0 atom stereocenters. The molecule has 0 aliphatic heterocycles. The predicted molar refractivity (Wildman–Crippen MR) is 108 cm³/mol. The molecule has 1 N–H and O–H groups in total. The topological polar surface area (TPSA) is 99.3 Å². The molecule has 11 heteroatoms. The normalized spacial score (nSPS) is 10.5. The number of carbonyl (C=O) groups excluding carboxylic acids is 1. The molecule has 0 radical (unpaired) electrons. The van der Waals surface area contributed by atoms with Gasteiger partial charge < -0.3 is 10.1 Å². The number of aromatic nitrogens is 2. The largest absolute Gasteiger partial charge is 0.455 e. The Morgan fingerprint density at radius 3 is 2.71 bits per heavy atom. The third-order valence-electron chi connectivity index (χ3n) is 3.41. The Hall–Kier alpha value is -2.62. The number of hydrogen-bond donors (Lipinski definition) is 1. The van der Waals surface area contributed by atoms with Crippen molar-refractivity contribution < 1.29 is 14.5 Å². The first-order valence-electron chi connectivity index (χ1n) is 7.70. The van der Waals surface area contributed by atoms with E-state index in [1.165, 1.54) is 35.0 Å². The number of benzene rings is 2. The fourth-order valence-electron chi connectivity index (χ4n) is 2.28. The highest BCUT2D eigenvalue weighted by Gasteiger charge is 2.14. The zero-order valence-electron chi connectivity index (χ0n) is 13.9. The van der Waals surface area contributed by atoms with Gasteiger partial charge in [-0.25, -0.2) is 0 Å². The van der Waals surface area contributed by atoms with Crippen molar-refractivity contribution in [1.82, 2.24) is 9.78 Å². The van der Waals surface area contributed by atoms with Crippen molar-refractivity contribution >= 4 is 56.4 Å². The molecule has 0 saturated heterocycles. The van der Waals surface area contributed by atoms with E-state index in [0.29, 0.717) is 5.02 Å². The van der Waals surface area contributed by atoms with Gasteiger partial charge in [0.05, 0.1) is 32.4 Å². The summed E-state index contributed by atoms with van der Waals surface area (Å²) >= 11 is 15.2.